The van der Waals surface area contributed by atoms with E-state index in [9.17, 15) is 9.59 Å². The van der Waals surface area contributed by atoms with Crippen LogP contribution in [0.1, 0.15) is 84.2 Å². The molecule has 0 bridgehead atoms. The van der Waals surface area contributed by atoms with E-state index in [2.05, 4.69) is 25.6 Å². The summed E-state index contributed by atoms with van der Waals surface area (Å²) in [6.07, 6.45) is 7.44. The van der Waals surface area contributed by atoms with Gasteiger partial charge in [0.1, 0.15) is 12.8 Å². The lowest BCUT2D eigenvalue weighted by molar-refractivity contribution is 0.101. The van der Waals surface area contributed by atoms with E-state index in [0.717, 1.165) is 37.3 Å². The zero-order valence-electron chi connectivity index (χ0n) is 28.4. The van der Waals surface area contributed by atoms with Crippen molar-refractivity contribution >= 4 is 40.3 Å². The molecule has 2 N–H and O–H groups in total. The molecule has 8 nitrogen and oxygen atoms in total. The Morgan fingerprint density at radius 2 is 0.854 bits per heavy atom. The van der Waals surface area contributed by atoms with Crippen molar-refractivity contribution in [1.29, 1.82) is 0 Å². The van der Waals surface area contributed by atoms with Crippen LogP contribution in [0.15, 0.2) is 102 Å². The highest BCUT2D eigenvalue weighted by Crippen LogP contribution is 2.23. The number of carbonyl (C=O) groups excluding carboxylic acids is 2. The van der Waals surface area contributed by atoms with Gasteiger partial charge in [-0.15, -0.1) is 0 Å². The second kappa shape index (κ2) is 17.2. The first-order valence-electron chi connectivity index (χ1n) is 17.2. The van der Waals surface area contributed by atoms with Crippen molar-refractivity contribution in [3.8, 4) is 0 Å². The number of amides is 2. The van der Waals surface area contributed by atoms with Crippen LogP contribution in [0.4, 0.5) is 22.7 Å². The summed E-state index contributed by atoms with van der Waals surface area (Å²) in [5.41, 5.74) is 7.24. The predicted molar refractivity (Wildman–Crippen MR) is 198 cm³/mol. The molecule has 0 aromatic heterocycles. The Bertz CT molecular complexity index is 1520. The molecule has 0 saturated carbocycles. The van der Waals surface area contributed by atoms with Crippen LogP contribution in [0.5, 0.6) is 0 Å². The van der Waals surface area contributed by atoms with Gasteiger partial charge < -0.3 is 25.3 Å². The quantitative estimate of drug-likeness (QED) is 0.141. The van der Waals surface area contributed by atoms with E-state index in [4.69, 9.17) is 4.84 Å². The van der Waals surface area contributed by atoms with Gasteiger partial charge in [0.05, 0.1) is 0 Å². The molecule has 2 aliphatic heterocycles. The number of anilines is 4. The molecule has 4 aromatic carbocycles. The molecule has 4 aromatic rings. The Morgan fingerprint density at radius 3 is 1.19 bits per heavy atom. The summed E-state index contributed by atoms with van der Waals surface area (Å²) >= 11 is 0. The van der Waals surface area contributed by atoms with E-state index in [1.165, 1.54) is 57.0 Å². The predicted octanol–water partition coefficient (Wildman–Crippen LogP) is 8.60. The minimum Gasteiger partial charge on any atom is -0.399 e. The SMILES string of the molecule is CC.CON=C(c1ccc(NC(=O)c2ccc(N3CCCCC3)cc2)cc1)c1ccc(NC(=O)c2ccc(N3CCCCC3)cc2)cc1. The minimum atomic E-state index is -0.153. The van der Waals surface area contributed by atoms with Crippen LogP contribution >= 0.6 is 0 Å². The molecule has 2 amide bonds. The van der Waals surface area contributed by atoms with Gasteiger partial charge >= 0.3 is 0 Å². The molecule has 0 aliphatic carbocycles. The van der Waals surface area contributed by atoms with Crippen LogP contribution in [0, 0.1) is 0 Å². The van der Waals surface area contributed by atoms with E-state index >= 15 is 0 Å². The fourth-order valence-corrected chi connectivity index (χ4v) is 6.14. The third-order valence-electron chi connectivity index (χ3n) is 8.72. The zero-order valence-corrected chi connectivity index (χ0v) is 28.4. The summed E-state index contributed by atoms with van der Waals surface area (Å²) in [5.74, 6) is -0.307. The largest absolute Gasteiger partial charge is 0.399 e. The third kappa shape index (κ3) is 8.82. The highest BCUT2D eigenvalue weighted by atomic mass is 16.6. The van der Waals surface area contributed by atoms with Gasteiger partial charge in [-0.05, 0) is 111 Å². The van der Waals surface area contributed by atoms with Crippen LogP contribution in [-0.2, 0) is 4.84 Å². The first-order valence-corrected chi connectivity index (χ1v) is 17.2. The van der Waals surface area contributed by atoms with Gasteiger partial charge in [-0.1, -0.05) is 43.3 Å². The Kier molecular flexibility index (Phi) is 12.2. The van der Waals surface area contributed by atoms with E-state index in [1.54, 1.807) is 0 Å². The first-order chi connectivity index (χ1) is 23.6. The number of benzene rings is 4. The Labute approximate surface area is 284 Å². The second-order valence-corrected chi connectivity index (χ2v) is 11.9. The third-order valence-corrected chi connectivity index (χ3v) is 8.72. The maximum Gasteiger partial charge on any atom is 0.255 e. The van der Waals surface area contributed by atoms with E-state index < -0.39 is 0 Å². The lowest BCUT2D eigenvalue weighted by Gasteiger charge is -2.28. The van der Waals surface area contributed by atoms with Gasteiger partial charge in [-0.3, -0.25) is 9.59 Å². The molecular formula is C40H47N5O3. The fraction of sp³-hybridized carbons (Fsp3) is 0.325. The van der Waals surface area contributed by atoms with E-state index in [0.29, 0.717) is 28.2 Å². The molecule has 0 unspecified atom stereocenters. The van der Waals surface area contributed by atoms with Gasteiger partial charge in [-0.25, -0.2) is 0 Å². The van der Waals surface area contributed by atoms with Gasteiger partial charge in [0.15, 0.2) is 0 Å². The van der Waals surface area contributed by atoms with Crippen molar-refractivity contribution in [3.63, 3.8) is 0 Å². The number of oxime groups is 1. The van der Waals surface area contributed by atoms with Crippen molar-refractivity contribution in [3.05, 3.63) is 119 Å². The molecule has 2 saturated heterocycles. The Balaban J connectivity index is 0.00000221. The van der Waals surface area contributed by atoms with E-state index in [-0.39, 0.29) is 11.8 Å². The summed E-state index contributed by atoms with van der Waals surface area (Å²) in [7, 11) is 1.51. The van der Waals surface area contributed by atoms with Crippen LogP contribution in [0.25, 0.3) is 0 Å². The average Bonchev–Trinajstić information content (AvgIpc) is 3.16. The number of piperidine rings is 2. The lowest BCUT2D eigenvalue weighted by Crippen LogP contribution is -2.29. The van der Waals surface area contributed by atoms with E-state index in [1.807, 2.05) is 111 Å². The average molecular weight is 646 g/mol. The number of rotatable bonds is 9. The van der Waals surface area contributed by atoms with Crippen molar-refractivity contribution in [1.82, 2.24) is 0 Å². The molecule has 2 fully saturated rings. The summed E-state index contributed by atoms with van der Waals surface area (Å²) in [6, 6.07) is 30.7. The van der Waals surface area contributed by atoms with Crippen molar-refractivity contribution in [2.75, 3.05) is 53.7 Å². The molecule has 0 radical (unpaired) electrons. The number of hydrogen-bond donors (Lipinski definition) is 2. The van der Waals surface area contributed by atoms with Crippen LogP contribution in [0.2, 0.25) is 0 Å². The molecule has 8 heteroatoms. The molecule has 0 spiro atoms. The lowest BCUT2D eigenvalue weighted by atomic mass is 10.0. The zero-order chi connectivity index (χ0) is 33.7. The summed E-state index contributed by atoms with van der Waals surface area (Å²) < 4.78 is 0. The number of carbonyl (C=O) groups is 2. The number of nitrogens with one attached hydrogen (secondary N) is 2. The molecule has 2 aliphatic rings. The molecule has 2 heterocycles. The maximum atomic E-state index is 12.9. The number of nitrogens with zero attached hydrogens (tertiary/aromatic N) is 3. The summed E-state index contributed by atoms with van der Waals surface area (Å²) in [4.78, 5) is 35.8. The second-order valence-electron chi connectivity index (χ2n) is 11.9. The highest BCUT2D eigenvalue weighted by Gasteiger charge is 2.15. The van der Waals surface area contributed by atoms with Crippen LogP contribution in [-0.4, -0.2) is 50.8 Å². The Hall–Kier alpha value is -5.11. The number of hydrogen-bond acceptors (Lipinski definition) is 6. The van der Waals surface area contributed by atoms with Crippen molar-refractivity contribution in [2.24, 2.45) is 5.16 Å². The monoisotopic (exact) mass is 645 g/mol. The highest BCUT2D eigenvalue weighted by molar-refractivity contribution is 6.13. The minimum absolute atomic E-state index is 0.153. The molecular weight excluding hydrogens is 598 g/mol. The van der Waals surface area contributed by atoms with Gasteiger partial charge in [-0.2, -0.15) is 0 Å². The summed E-state index contributed by atoms with van der Waals surface area (Å²) in [5, 5.41) is 10.2. The fourth-order valence-electron chi connectivity index (χ4n) is 6.14. The van der Waals surface area contributed by atoms with Crippen molar-refractivity contribution in [2.45, 2.75) is 52.4 Å². The first kappa shape index (κ1) is 34.2. The van der Waals surface area contributed by atoms with Crippen molar-refractivity contribution < 1.29 is 14.4 Å². The standard InChI is InChI=1S/C38H41N5O3.C2H6/c1-46-41-36(28-8-16-32(17-9-28)39-37(44)30-12-20-34(21-13-30)42-24-4-2-5-25-42)29-10-18-33(19-11-29)40-38(45)31-14-22-35(23-15-31)43-26-6-3-7-27-43;1-2/h8-23H,2-7,24-27H2,1H3,(H,39,44)(H,40,45);1-2H3. The van der Waals surface area contributed by atoms with Gasteiger partial charge in [0.2, 0.25) is 0 Å². The Morgan fingerprint density at radius 1 is 0.521 bits per heavy atom. The molecule has 0 atom stereocenters. The van der Waals surface area contributed by atoms with Gasteiger partial charge in [0.25, 0.3) is 11.8 Å². The molecule has 48 heavy (non-hydrogen) atoms. The summed E-state index contributed by atoms with van der Waals surface area (Å²) in [6.45, 7) is 8.28. The maximum absolute atomic E-state index is 12.9. The smallest absolute Gasteiger partial charge is 0.255 e. The molecule has 250 valence electrons. The molecule has 6 rings (SSSR count). The van der Waals surface area contributed by atoms with Crippen LogP contribution < -0.4 is 20.4 Å². The normalized spacial score (nSPS) is 14.2. The van der Waals surface area contributed by atoms with Crippen LogP contribution in [0.3, 0.4) is 0 Å². The van der Waals surface area contributed by atoms with Gasteiger partial charge in [0, 0.05) is 71.2 Å². The topological polar surface area (TPSA) is 86.3 Å².